The van der Waals surface area contributed by atoms with Gasteiger partial charge in [0.25, 0.3) is 0 Å². The van der Waals surface area contributed by atoms with Crippen LogP contribution in [0, 0.1) is 0 Å². The summed E-state index contributed by atoms with van der Waals surface area (Å²) >= 11 is 0. The van der Waals surface area contributed by atoms with Gasteiger partial charge in [-0.15, -0.1) is 0 Å². The van der Waals surface area contributed by atoms with Crippen LogP contribution in [0.15, 0.2) is 48.8 Å². The zero-order chi connectivity index (χ0) is 16.1. The number of hydrogen-bond acceptors (Lipinski definition) is 5. The lowest BCUT2D eigenvalue weighted by atomic mass is 10.1. The molecule has 0 amide bonds. The summed E-state index contributed by atoms with van der Waals surface area (Å²) in [5.41, 5.74) is 2.14. The zero-order valence-electron chi connectivity index (χ0n) is 13.2. The maximum Gasteiger partial charge on any atom is 0.137 e. The number of anilines is 1. The fourth-order valence-corrected chi connectivity index (χ4v) is 2.42. The molecule has 23 heavy (non-hydrogen) atoms. The Morgan fingerprint density at radius 2 is 1.65 bits per heavy atom. The van der Waals surface area contributed by atoms with Crippen LogP contribution in [0.1, 0.15) is 5.56 Å². The molecule has 0 fully saturated rings. The van der Waals surface area contributed by atoms with Gasteiger partial charge in [-0.2, -0.15) is 0 Å². The lowest BCUT2D eigenvalue weighted by Crippen LogP contribution is -2.07. The predicted molar refractivity (Wildman–Crippen MR) is 91.3 cm³/mol. The number of benzene rings is 2. The quantitative estimate of drug-likeness (QED) is 0.757. The van der Waals surface area contributed by atoms with Gasteiger partial charge in [0, 0.05) is 11.9 Å². The number of rotatable bonds is 6. The topological polar surface area (TPSA) is 56.3 Å². The molecule has 0 aliphatic carbocycles. The third-order valence-corrected chi connectivity index (χ3v) is 3.71. The first-order valence-electron chi connectivity index (χ1n) is 7.45. The van der Waals surface area contributed by atoms with E-state index >= 15 is 0 Å². The van der Waals surface area contributed by atoms with E-state index in [9.17, 15) is 0 Å². The van der Waals surface area contributed by atoms with Gasteiger partial charge >= 0.3 is 0 Å². The van der Waals surface area contributed by atoms with Crippen molar-refractivity contribution in [3.05, 3.63) is 54.4 Å². The van der Waals surface area contributed by atoms with Crippen LogP contribution >= 0.6 is 0 Å². The number of aromatic nitrogens is 2. The Hall–Kier alpha value is -2.82. The highest BCUT2D eigenvalue weighted by atomic mass is 16.5. The zero-order valence-corrected chi connectivity index (χ0v) is 13.2. The van der Waals surface area contributed by atoms with E-state index in [2.05, 4.69) is 27.4 Å². The first-order valence-corrected chi connectivity index (χ1v) is 7.45. The molecule has 0 radical (unpaired) electrons. The minimum atomic E-state index is 0.787. The number of fused-ring (bicyclic) bond motifs is 1. The maximum absolute atomic E-state index is 5.28. The molecule has 0 unspecified atom stereocenters. The fraction of sp³-hybridized carbons (Fsp3) is 0.222. The molecular formula is C18H19N3O2. The van der Waals surface area contributed by atoms with E-state index in [0.717, 1.165) is 41.2 Å². The molecule has 0 aliphatic heterocycles. The van der Waals surface area contributed by atoms with Gasteiger partial charge in [-0.1, -0.05) is 12.1 Å². The van der Waals surface area contributed by atoms with E-state index in [1.807, 2.05) is 30.3 Å². The number of nitrogens with one attached hydrogen (secondary N) is 1. The van der Waals surface area contributed by atoms with Crippen molar-refractivity contribution in [2.45, 2.75) is 6.42 Å². The third-order valence-electron chi connectivity index (χ3n) is 3.71. The molecule has 0 saturated heterocycles. The van der Waals surface area contributed by atoms with Crippen LogP contribution < -0.4 is 14.8 Å². The summed E-state index contributed by atoms with van der Waals surface area (Å²) in [6, 6.07) is 13.9. The second-order valence-corrected chi connectivity index (χ2v) is 5.13. The SMILES string of the molecule is COc1ccc(CCNc2ncnc3ccc(OC)cc23)cc1. The Labute approximate surface area is 135 Å². The van der Waals surface area contributed by atoms with Crippen molar-refractivity contribution >= 4 is 16.7 Å². The Balaban J connectivity index is 1.71. The Bertz CT molecular complexity index is 788. The molecule has 0 aliphatic rings. The van der Waals surface area contributed by atoms with Gasteiger partial charge in [0.15, 0.2) is 0 Å². The smallest absolute Gasteiger partial charge is 0.137 e. The number of methoxy groups -OCH3 is 2. The molecule has 0 atom stereocenters. The van der Waals surface area contributed by atoms with E-state index in [-0.39, 0.29) is 0 Å². The highest BCUT2D eigenvalue weighted by molar-refractivity contribution is 5.89. The number of hydrogen-bond donors (Lipinski definition) is 1. The molecule has 0 spiro atoms. The molecular weight excluding hydrogens is 290 g/mol. The summed E-state index contributed by atoms with van der Waals surface area (Å²) in [7, 11) is 3.33. The lowest BCUT2D eigenvalue weighted by Gasteiger charge is -2.09. The second-order valence-electron chi connectivity index (χ2n) is 5.13. The van der Waals surface area contributed by atoms with Crippen molar-refractivity contribution in [3.8, 4) is 11.5 Å². The van der Waals surface area contributed by atoms with E-state index in [1.165, 1.54) is 5.56 Å². The first-order chi connectivity index (χ1) is 11.3. The molecule has 3 rings (SSSR count). The standard InChI is InChI=1S/C18H19N3O2/c1-22-14-5-3-13(4-6-14)9-10-19-18-16-11-15(23-2)7-8-17(16)20-12-21-18/h3-8,11-12H,9-10H2,1-2H3,(H,19,20,21). The Morgan fingerprint density at radius 3 is 2.39 bits per heavy atom. The van der Waals surface area contributed by atoms with Crippen LogP contribution in [-0.4, -0.2) is 30.7 Å². The van der Waals surface area contributed by atoms with Gasteiger partial charge < -0.3 is 14.8 Å². The summed E-state index contributed by atoms with van der Waals surface area (Å²) in [5, 5.41) is 4.34. The Kier molecular flexibility index (Phi) is 4.57. The van der Waals surface area contributed by atoms with Gasteiger partial charge in [0.05, 0.1) is 19.7 Å². The Morgan fingerprint density at radius 1 is 0.913 bits per heavy atom. The van der Waals surface area contributed by atoms with Crippen molar-refractivity contribution in [3.63, 3.8) is 0 Å². The molecule has 2 aromatic carbocycles. The second kappa shape index (κ2) is 6.96. The van der Waals surface area contributed by atoms with Crippen molar-refractivity contribution in [1.82, 2.24) is 9.97 Å². The first kappa shape index (κ1) is 15.1. The van der Waals surface area contributed by atoms with Crippen molar-refractivity contribution in [1.29, 1.82) is 0 Å². The number of nitrogens with zero attached hydrogens (tertiary/aromatic N) is 2. The summed E-state index contributed by atoms with van der Waals surface area (Å²) < 4.78 is 10.4. The highest BCUT2D eigenvalue weighted by Crippen LogP contribution is 2.24. The summed E-state index contributed by atoms with van der Waals surface area (Å²) in [6.07, 6.45) is 2.48. The highest BCUT2D eigenvalue weighted by Gasteiger charge is 2.05. The molecule has 0 saturated carbocycles. The fourth-order valence-electron chi connectivity index (χ4n) is 2.42. The monoisotopic (exact) mass is 309 g/mol. The van der Waals surface area contributed by atoms with Crippen LogP contribution in [0.5, 0.6) is 11.5 Å². The van der Waals surface area contributed by atoms with E-state index in [1.54, 1.807) is 20.5 Å². The van der Waals surface area contributed by atoms with E-state index in [0.29, 0.717) is 0 Å². The average Bonchev–Trinajstić information content (AvgIpc) is 2.62. The third kappa shape index (κ3) is 3.51. The molecule has 1 heterocycles. The largest absolute Gasteiger partial charge is 0.497 e. The van der Waals surface area contributed by atoms with Gasteiger partial charge in [0.1, 0.15) is 23.6 Å². The predicted octanol–water partition coefficient (Wildman–Crippen LogP) is 3.30. The van der Waals surface area contributed by atoms with Crippen molar-refractivity contribution < 1.29 is 9.47 Å². The molecule has 1 N–H and O–H groups in total. The van der Waals surface area contributed by atoms with Crippen LogP contribution in [0.4, 0.5) is 5.82 Å². The molecule has 5 nitrogen and oxygen atoms in total. The minimum absolute atomic E-state index is 0.787. The molecule has 118 valence electrons. The molecule has 3 aromatic rings. The van der Waals surface area contributed by atoms with Crippen LogP contribution in [0.3, 0.4) is 0 Å². The average molecular weight is 309 g/mol. The number of ether oxygens (including phenoxy) is 2. The normalized spacial score (nSPS) is 10.5. The van der Waals surface area contributed by atoms with Gasteiger partial charge in [0.2, 0.25) is 0 Å². The maximum atomic E-state index is 5.28. The van der Waals surface area contributed by atoms with Gasteiger partial charge in [-0.25, -0.2) is 9.97 Å². The summed E-state index contributed by atoms with van der Waals surface area (Å²) in [4.78, 5) is 8.63. The summed E-state index contributed by atoms with van der Waals surface area (Å²) in [5.74, 6) is 2.49. The van der Waals surface area contributed by atoms with Crippen LogP contribution in [0.2, 0.25) is 0 Å². The van der Waals surface area contributed by atoms with Gasteiger partial charge in [-0.3, -0.25) is 0 Å². The van der Waals surface area contributed by atoms with Crippen LogP contribution in [-0.2, 0) is 6.42 Å². The molecule has 0 bridgehead atoms. The summed E-state index contributed by atoms with van der Waals surface area (Å²) in [6.45, 7) is 0.787. The van der Waals surface area contributed by atoms with Gasteiger partial charge in [-0.05, 0) is 42.3 Å². The van der Waals surface area contributed by atoms with Crippen LogP contribution in [0.25, 0.3) is 10.9 Å². The van der Waals surface area contributed by atoms with E-state index < -0.39 is 0 Å². The van der Waals surface area contributed by atoms with Crippen molar-refractivity contribution in [2.24, 2.45) is 0 Å². The molecule has 5 heteroatoms. The molecule has 1 aromatic heterocycles. The van der Waals surface area contributed by atoms with E-state index in [4.69, 9.17) is 9.47 Å². The minimum Gasteiger partial charge on any atom is -0.497 e. The lowest BCUT2D eigenvalue weighted by molar-refractivity contribution is 0.414. The van der Waals surface area contributed by atoms with Crippen molar-refractivity contribution in [2.75, 3.05) is 26.1 Å².